The van der Waals surface area contributed by atoms with E-state index < -0.39 is 0 Å². The van der Waals surface area contributed by atoms with Crippen LogP contribution >= 0.6 is 11.3 Å². The molecule has 1 aromatic heterocycles. The summed E-state index contributed by atoms with van der Waals surface area (Å²) in [7, 11) is 3.30. The molecule has 0 saturated carbocycles. The van der Waals surface area contributed by atoms with Gasteiger partial charge in [-0.05, 0) is 19.1 Å². The Bertz CT molecular complexity index is 525. The molecular weight excluding hydrogens is 248 g/mol. The molecule has 18 heavy (non-hydrogen) atoms. The smallest absolute Gasteiger partial charge is 0.183 e. The summed E-state index contributed by atoms with van der Waals surface area (Å²) in [6.07, 6.45) is 1.86. The molecule has 1 N–H and O–H groups in total. The Morgan fingerprint density at radius 2 is 2.11 bits per heavy atom. The number of rotatable bonds is 5. The van der Waals surface area contributed by atoms with Crippen molar-refractivity contribution in [3.8, 4) is 11.5 Å². The van der Waals surface area contributed by atoms with Crippen LogP contribution in [0.5, 0.6) is 11.5 Å². The van der Waals surface area contributed by atoms with Gasteiger partial charge in [-0.25, -0.2) is 4.98 Å². The highest BCUT2D eigenvalue weighted by Crippen LogP contribution is 2.26. The summed E-state index contributed by atoms with van der Waals surface area (Å²) in [5, 5.41) is 4.20. The quantitative estimate of drug-likeness (QED) is 0.901. The third kappa shape index (κ3) is 2.92. The first-order chi connectivity index (χ1) is 8.72. The van der Waals surface area contributed by atoms with Gasteiger partial charge in [-0.2, -0.15) is 0 Å². The van der Waals surface area contributed by atoms with E-state index in [0.29, 0.717) is 6.54 Å². The van der Waals surface area contributed by atoms with Gasteiger partial charge in [-0.1, -0.05) is 0 Å². The highest BCUT2D eigenvalue weighted by molar-refractivity contribution is 7.15. The summed E-state index contributed by atoms with van der Waals surface area (Å²) >= 11 is 1.64. The number of ether oxygens (including phenoxy) is 2. The van der Waals surface area contributed by atoms with Crippen molar-refractivity contribution in [1.82, 2.24) is 4.98 Å². The van der Waals surface area contributed by atoms with E-state index in [1.807, 2.05) is 31.3 Å². The van der Waals surface area contributed by atoms with Gasteiger partial charge in [0.1, 0.15) is 11.5 Å². The summed E-state index contributed by atoms with van der Waals surface area (Å²) in [5.41, 5.74) is 1.08. The second-order valence-corrected chi connectivity index (χ2v) is 5.04. The van der Waals surface area contributed by atoms with E-state index in [1.165, 1.54) is 4.88 Å². The van der Waals surface area contributed by atoms with Crippen molar-refractivity contribution < 1.29 is 9.47 Å². The number of thiazole rings is 1. The molecule has 0 radical (unpaired) electrons. The van der Waals surface area contributed by atoms with E-state index in [4.69, 9.17) is 9.47 Å². The van der Waals surface area contributed by atoms with Gasteiger partial charge in [-0.15, -0.1) is 11.3 Å². The van der Waals surface area contributed by atoms with Gasteiger partial charge in [0.25, 0.3) is 0 Å². The van der Waals surface area contributed by atoms with Crippen LogP contribution in [0.15, 0.2) is 24.4 Å². The molecule has 0 bridgehead atoms. The molecule has 0 aliphatic rings. The van der Waals surface area contributed by atoms with Crippen LogP contribution < -0.4 is 14.8 Å². The molecule has 1 aromatic carbocycles. The normalized spacial score (nSPS) is 10.2. The fourth-order valence-electron chi connectivity index (χ4n) is 1.61. The predicted molar refractivity (Wildman–Crippen MR) is 73.7 cm³/mol. The lowest BCUT2D eigenvalue weighted by molar-refractivity contribution is 0.391. The fourth-order valence-corrected chi connectivity index (χ4v) is 2.27. The number of hydrogen-bond acceptors (Lipinski definition) is 5. The maximum atomic E-state index is 5.34. The SMILES string of the molecule is COc1ccc(CNc2ncc(C)s2)c(OC)c1. The lowest BCUT2D eigenvalue weighted by Gasteiger charge is -2.10. The number of hydrogen-bond donors (Lipinski definition) is 1. The number of aromatic nitrogens is 1. The number of nitrogens with zero attached hydrogens (tertiary/aromatic N) is 1. The van der Waals surface area contributed by atoms with Gasteiger partial charge in [0, 0.05) is 29.2 Å². The molecule has 0 fully saturated rings. The average molecular weight is 264 g/mol. The lowest BCUT2D eigenvalue weighted by Crippen LogP contribution is -2.01. The van der Waals surface area contributed by atoms with Crippen LogP contribution in [-0.2, 0) is 6.54 Å². The van der Waals surface area contributed by atoms with E-state index in [1.54, 1.807) is 25.6 Å². The molecule has 0 aliphatic heterocycles. The molecule has 2 rings (SSSR count). The molecule has 5 heteroatoms. The van der Waals surface area contributed by atoms with E-state index in [2.05, 4.69) is 10.3 Å². The maximum Gasteiger partial charge on any atom is 0.183 e. The third-order valence-electron chi connectivity index (χ3n) is 2.55. The van der Waals surface area contributed by atoms with Gasteiger partial charge in [0.15, 0.2) is 5.13 Å². The average Bonchev–Trinajstić information content (AvgIpc) is 2.82. The standard InChI is InChI=1S/C13H16N2O2S/c1-9-7-14-13(18-9)15-8-10-4-5-11(16-2)6-12(10)17-3/h4-7H,8H2,1-3H3,(H,14,15). The molecule has 0 spiro atoms. The summed E-state index contributed by atoms with van der Waals surface area (Å²) < 4.78 is 10.5. The summed E-state index contributed by atoms with van der Waals surface area (Å²) in [5.74, 6) is 1.61. The molecule has 4 nitrogen and oxygen atoms in total. The molecule has 1 heterocycles. The first-order valence-electron chi connectivity index (χ1n) is 5.60. The van der Waals surface area contributed by atoms with Crippen LogP contribution in [0.4, 0.5) is 5.13 Å². The molecule has 0 aliphatic carbocycles. The van der Waals surface area contributed by atoms with E-state index >= 15 is 0 Å². The number of benzene rings is 1. The third-order valence-corrected chi connectivity index (χ3v) is 3.42. The van der Waals surface area contributed by atoms with Crippen LogP contribution in [0.2, 0.25) is 0 Å². The topological polar surface area (TPSA) is 43.4 Å². The number of aryl methyl sites for hydroxylation is 1. The fraction of sp³-hybridized carbons (Fsp3) is 0.308. The Kier molecular flexibility index (Phi) is 4.04. The van der Waals surface area contributed by atoms with Gasteiger partial charge in [0.05, 0.1) is 14.2 Å². The first kappa shape index (κ1) is 12.7. The van der Waals surface area contributed by atoms with Gasteiger partial charge in [-0.3, -0.25) is 0 Å². The van der Waals surface area contributed by atoms with Crippen LogP contribution in [0, 0.1) is 6.92 Å². The number of anilines is 1. The maximum absolute atomic E-state index is 5.34. The van der Waals surface area contributed by atoms with Crippen LogP contribution in [0.25, 0.3) is 0 Å². The van der Waals surface area contributed by atoms with Crippen molar-refractivity contribution in [2.45, 2.75) is 13.5 Å². The van der Waals surface area contributed by atoms with Crippen molar-refractivity contribution >= 4 is 16.5 Å². The Balaban J connectivity index is 2.08. The number of nitrogens with one attached hydrogen (secondary N) is 1. The van der Waals surface area contributed by atoms with Crippen molar-refractivity contribution in [3.05, 3.63) is 34.8 Å². The van der Waals surface area contributed by atoms with Gasteiger partial charge in [0.2, 0.25) is 0 Å². The van der Waals surface area contributed by atoms with Crippen molar-refractivity contribution in [2.24, 2.45) is 0 Å². The second-order valence-electron chi connectivity index (χ2n) is 3.81. The Labute approximate surface area is 111 Å². The van der Waals surface area contributed by atoms with Gasteiger partial charge < -0.3 is 14.8 Å². The Morgan fingerprint density at radius 3 is 2.72 bits per heavy atom. The highest BCUT2D eigenvalue weighted by atomic mass is 32.1. The Hall–Kier alpha value is -1.75. The minimum absolute atomic E-state index is 0.681. The first-order valence-corrected chi connectivity index (χ1v) is 6.42. The summed E-state index contributed by atoms with van der Waals surface area (Å²) in [6.45, 7) is 2.72. The molecule has 0 amide bonds. The van der Waals surface area contributed by atoms with E-state index in [-0.39, 0.29) is 0 Å². The molecule has 96 valence electrons. The second kappa shape index (κ2) is 5.73. The minimum Gasteiger partial charge on any atom is -0.497 e. The van der Waals surface area contributed by atoms with Crippen molar-refractivity contribution in [2.75, 3.05) is 19.5 Å². The zero-order valence-electron chi connectivity index (χ0n) is 10.7. The van der Waals surface area contributed by atoms with Crippen LogP contribution in [0.3, 0.4) is 0 Å². The van der Waals surface area contributed by atoms with Gasteiger partial charge >= 0.3 is 0 Å². The largest absolute Gasteiger partial charge is 0.497 e. The molecule has 2 aromatic rings. The van der Waals surface area contributed by atoms with Crippen molar-refractivity contribution in [3.63, 3.8) is 0 Å². The molecule has 0 saturated heterocycles. The Morgan fingerprint density at radius 1 is 1.28 bits per heavy atom. The lowest BCUT2D eigenvalue weighted by atomic mass is 10.2. The molecular formula is C13H16N2O2S. The molecule has 0 unspecified atom stereocenters. The minimum atomic E-state index is 0.681. The van der Waals surface area contributed by atoms with Crippen LogP contribution in [0.1, 0.15) is 10.4 Å². The summed E-state index contributed by atoms with van der Waals surface area (Å²) in [6, 6.07) is 5.79. The monoisotopic (exact) mass is 264 g/mol. The zero-order valence-corrected chi connectivity index (χ0v) is 11.5. The number of methoxy groups -OCH3 is 2. The summed E-state index contributed by atoms with van der Waals surface area (Å²) in [4.78, 5) is 5.46. The van der Waals surface area contributed by atoms with E-state index in [9.17, 15) is 0 Å². The highest BCUT2D eigenvalue weighted by Gasteiger charge is 2.05. The molecule has 0 atom stereocenters. The predicted octanol–water partition coefficient (Wildman–Crippen LogP) is 3.08. The van der Waals surface area contributed by atoms with Crippen LogP contribution in [-0.4, -0.2) is 19.2 Å². The zero-order chi connectivity index (χ0) is 13.0. The van der Waals surface area contributed by atoms with E-state index in [0.717, 1.165) is 22.2 Å². The van der Waals surface area contributed by atoms with Crippen molar-refractivity contribution in [1.29, 1.82) is 0 Å².